The second-order valence-corrected chi connectivity index (χ2v) is 5.77. The van der Waals surface area contributed by atoms with Crippen molar-refractivity contribution in [3.8, 4) is 0 Å². The molecule has 1 atom stereocenters. The van der Waals surface area contributed by atoms with E-state index in [-0.39, 0.29) is 12.6 Å². The monoisotopic (exact) mass is 287 g/mol. The molecule has 1 aliphatic heterocycles. The van der Waals surface area contributed by atoms with E-state index >= 15 is 0 Å². The van der Waals surface area contributed by atoms with Gasteiger partial charge in [0.05, 0.1) is 18.3 Å². The average molecular weight is 288 g/mol. The average Bonchev–Trinajstić information content (AvgIpc) is 2.17. The normalized spacial score (nSPS) is 20.3. The molecule has 1 N–H and O–H groups in total. The molecule has 2 rings (SSSR count). The largest absolute Gasteiger partial charge is 0.394 e. The van der Waals surface area contributed by atoms with Crippen LogP contribution >= 0.6 is 27.7 Å². The zero-order valence-electron chi connectivity index (χ0n) is 8.83. The fourth-order valence-electron chi connectivity index (χ4n) is 1.81. The summed E-state index contributed by atoms with van der Waals surface area (Å²) in [5, 5.41) is 9.26. The number of halogens is 1. The molecule has 0 aromatic heterocycles. The fraction of sp³-hybridized carbons (Fsp3) is 0.455. The van der Waals surface area contributed by atoms with Gasteiger partial charge in [-0.1, -0.05) is 0 Å². The van der Waals surface area contributed by atoms with Crippen LogP contribution in [0, 0.1) is 6.92 Å². The van der Waals surface area contributed by atoms with Crippen LogP contribution in [0.2, 0.25) is 0 Å². The Labute approximate surface area is 103 Å². The van der Waals surface area contributed by atoms with Crippen LogP contribution in [-0.2, 0) is 0 Å². The van der Waals surface area contributed by atoms with Gasteiger partial charge in [0.25, 0.3) is 0 Å². The van der Waals surface area contributed by atoms with Crippen molar-refractivity contribution in [3.63, 3.8) is 0 Å². The third-order valence-electron chi connectivity index (χ3n) is 2.72. The SMILES string of the molecule is Cc1cc(Br)c2c(c1)SCC(CO)N2C. The number of benzene rings is 1. The minimum absolute atomic E-state index is 0.212. The summed E-state index contributed by atoms with van der Waals surface area (Å²) in [4.78, 5) is 3.46. The van der Waals surface area contributed by atoms with Gasteiger partial charge in [0.1, 0.15) is 0 Å². The summed E-state index contributed by atoms with van der Waals surface area (Å²) in [6.07, 6.45) is 0. The minimum Gasteiger partial charge on any atom is -0.394 e. The predicted molar refractivity (Wildman–Crippen MR) is 68.9 cm³/mol. The first-order valence-corrected chi connectivity index (χ1v) is 6.68. The highest BCUT2D eigenvalue weighted by atomic mass is 79.9. The van der Waals surface area contributed by atoms with Crippen molar-refractivity contribution in [1.29, 1.82) is 0 Å². The molecule has 2 nitrogen and oxygen atoms in total. The summed E-state index contributed by atoms with van der Waals surface area (Å²) in [5.41, 5.74) is 2.47. The Morgan fingerprint density at radius 2 is 2.33 bits per heavy atom. The first kappa shape index (κ1) is 11.3. The Hall–Kier alpha value is -0.190. The molecule has 1 aliphatic rings. The molecular formula is C11H14BrNOS. The number of aliphatic hydroxyl groups is 1. The molecule has 1 aromatic rings. The summed E-state index contributed by atoms with van der Waals surface area (Å²) in [5.74, 6) is 0.954. The van der Waals surface area contributed by atoms with Crippen LogP contribution in [-0.4, -0.2) is 30.6 Å². The number of likely N-dealkylation sites (N-methyl/N-ethyl adjacent to an activating group) is 1. The Morgan fingerprint density at radius 3 is 3.00 bits per heavy atom. The van der Waals surface area contributed by atoms with E-state index in [2.05, 4.69) is 39.9 Å². The van der Waals surface area contributed by atoms with E-state index in [1.54, 1.807) is 0 Å². The molecular weight excluding hydrogens is 274 g/mol. The van der Waals surface area contributed by atoms with Crippen molar-refractivity contribution in [2.24, 2.45) is 0 Å². The summed E-state index contributed by atoms with van der Waals surface area (Å²) in [7, 11) is 2.04. The molecule has 0 saturated heterocycles. The van der Waals surface area contributed by atoms with E-state index < -0.39 is 0 Å². The number of fused-ring (bicyclic) bond motifs is 1. The number of aliphatic hydroxyl groups excluding tert-OH is 1. The van der Waals surface area contributed by atoms with Crippen molar-refractivity contribution in [1.82, 2.24) is 0 Å². The maximum atomic E-state index is 9.26. The van der Waals surface area contributed by atoms with Gasteiger partial charge >= 0.3 is 0 Å². The number of aryl methyl sites for hydroxylation is 1. The van der Waals surface area contributed by atoms with Crippen LogP contribution in [0.25, 0.3) is 0 Å². The second kappa shape index (κ2) is 4.36. The lowest BCUT2D eigenvalue weighted by Gasteiger charge is -2.35. The van der Waals surface area contributed by atoms with E-state index in [4.69, 9.17) is 0 Å². The second-order valence-electron chi connectivity index (χ2n) is 3.85. The van der Waals surface area contributed by atoms with Gasteiger partial charge in [-0.3, -0.25) is 0 Å². The van der Waals surface area contributed by atoms with Gasteiger partial charge in [0.2, 0.25) is 0 Å². The number of anilines is 1. The molecule has 15 heavy (non-hydrogen) atoms. The lowest BCUT2D eigenvalue weighted by atomic mass is 10.2. The third kappa shape index (κ3) is 2.03. The zero-order valence-corrected chi connectivity index (χ0v) is 11.2. The summed E-state index contributed by atoms with van der Waals surface area (Å²) >= 11 is 5.42. The lowest BCUT2D eigenvalue weighted by Crippen LogP contribution is -2.39. The highest BCUT2D eigenvalue weighted by Crippen LogP contribution is 2.42. The summed E-state index contributed by atoms with van der Waals surface area (Å²) in [6, 6.07) is 4.55. The number of hydrogen-bond donors (Lipinski definition) is 1. The van der Waals surface area contributed by atoms with Crippen LogP contribution in [0.3, 0.4) is 0 Å². The Bertz CT molecular complexity index is 383. The van der Waals surface area contributed by atoms with E-state index in [9.17, 15) is 5.11 Å². The summed E-state index contributed by atoms with van der Waals surface area (Å²) in [6.45, 7) is 2.31. The van der Waals surface area contributed by atoms with E-state index in [1.807, 2.05) is 18.8 Å². The molecule has 1 heterocycles. The van der Waals surface area contributed by atoms with Crippen LogP contribution in [0.1, 0.15) is 5.56 Å². The molecule has 1 aromatic carbocycles. The molecule has 1 unspecified atom stereocenters. The minimum atomic E-state index is 0.212. The number of hydrogen-bond acceptors (Lipinski definition) is 3. The number of rotatable bonds is 1. The van der Waals surface area contributed by atoms with Crippen molar-refractivity contribution < 1.29 is 5.11 Å². The topological polar surface area (TPSA) is 23.5 Å². The van der Waals surface area contributed by atoms with Gasteiger partial charge in [-0.2, -0.15) is 0 Å². The number of thioether (sulfide) groups is 1. The van der Waals surface area contributed by atoms with Gasteiger partial charge in [-0.25, -0.2) is 0 Å². The Morgan fingerprint density at radius 1 is 1.60 bits per heavy atom. The highest BCUT2D eigenvalue weighted by Gasteiger charge is 2.25. The quantitative estimate of drug-likeness (QED) is 0.859. The molecule has 0 fully saturated rings. The predicted octanol–water partition coefficient (Wildman–Crippen LogP) is 2.66. The lowest BCUT2D eigenvalue weighted by molar-refractivity contribution is 0.271. The van der Waals surface area contributed by atoms with Gasteiger partial charge in [-0.05, 0) is 40.5 Å². The highest BCUT2D eigenvalue weighted by molar-refractivity contribution is 9.10. The van der Waals surface area contributed by atoms with Crippen LogP contribution < -0.4 is 4.90 Å². The molecule has 0 spiro atoms. The fourth-order valence-corrected chi connectivity index (χ4v) is 4.16. The van der Waals surface area contributed by atoms with Gasteiger partial charge in [0.15, 0.2) is 0 Å². The van der Waals surface area contributed by atoms with Crippen LogP contribution in [0.15, 0.2) is 21.5 Å². The van der Waals surface area contributed by atoms with E-state index in [0.29, 0.717) is 0 Å². The molecule has 0 amide bonds. The van der Waals surface area contributed by atoms with E-state index in [1.165, 1.54) is 16.1 Å². The molecule has 0 radical (unpaired) electrons. The van der Waals surface area contributed by atoms with E-state index in [0.717, 1.165) is 10.2 Å². The maximum absolute atomic E-state index is 9.26. The first-order chi connectivity index (χ1) is 7.13. The maximum Gasteiger partial charge on any atom is 0.0649 e. The van der Waals surface area contributed by atoms with Crippen molar-refractivity contribution >= 4 is 33.4 Å². The molecule has 82 valence electrons. The summed E-state index contributed by atoms with van der Waals surface area (Å²) < 4.78 is 1.12. The van der Waals surface area contributed by atoms with Crippen molar-refractivity contribution in [2.45, 2.75) is 17.9 Å². The van der Waals surface area contributed by atoms with Crippen LogP contribution in [0.4, 0.5) is 5.69 Å². The Kier molecular flexibility index (Phi) is 3.28. The molecule has 4 heteroatoms. The van der Waals surface area contributed by atoms with Gasteiger partial charge in [-0.15, -0.1) is 11.8 Å². The number of nitrogens with zero attached hydrogens (tertiary/aromatic N) is 1. The Balaban J connectivity index is 2.47. The first-order valence-electron chi connectivity index (χ1n) is 4.90. The van der Waals surface area contributed by atoms with Crippen LogP contribution in [0.5, 0.6) is 0 Å². The zero-order chi connectivity index (χ0) is 11.0. The standard InChI is InChI=1S/C11H14BrNOS/c1-7-3-9(12)11-10(4-7)15-6-8(5-14)13(11)2/h3-4,8,14H,5-6H2,1-2H3. The third-order valence-corrected chi connectivity index (χ3v) is 4.49. The van der Waals surface area contributed by atoms with Gasteiger partial charge in [0, 0.05) is 22.2 Å². The van der Waals surface area contributed by atoms with Crippen molar-refractivity contribution in [3.05, 3.63) is 22.2 Å². The van der Waals surface area contributed by atoms with Gasteiger partial charge < -0.3 is 10.0 Å². The molecule has 0 bridgehead atoms. The smallest absolute Gasteiger partial charge is 0.0649 e. The molecule has 0 saturated carbocycles. The van der Waals surface area contributed by atoms with Crippen molar-refractivity contribution in [2.75, 3.05) is 24.3 Å². The molecule has 0 aliphatic carbocycles.